The van der Waals surface area contributed by atoms with Gasteiger partial charge in [-0.15, -0.1) is 0 Å². The van der Waals surface area contributed by atoms with Gasteiger partial charge in [0.1, 0.15) is 5.78 Å². The third kappa shape index (κ3) is 11.4. The van der Waals surface area contributed by atoms with E-state index in [0.29, 0.717) is 0 Å². The largest absolute Gasteiger partial charge is 0 e. The number of ketones is 1. The quantitative estimate of drug-likeness (QED) is 0.287. The van der Waals surface area contributed by atoms with Crippen LogP contribution in [0.5, 0.6) is 0 Å². The molecule has 150 valence electrons. The first-order valence-electron chi connectivity index (χ1n) is 8.33. The van der Waals surface area contributed by atoms with Gasteiger partial charge in [-0.3, -0.25) is 4.79 Å². The van der Waals surface area contributed by atoms with E-state index in [1.165, 1.54) is 5.57 Å². The molecule has 0 aromatic heterocycles. The predicted octanol–water partition coefficient (Wildman–Crippen LogP) is 4.02. The molecule has 28 heavy (non-hydrogen) atoms. The number of hydrogen-bond donors (Lipinski definition) is 0. The predicted molar refractivity (Wildman–Crippen MR) is 101 cm³/mol. The first-order valence-corrected chi connectivity index (χ1v) is 11.7. The number of carbonyl (C=O) groups excluding carboxylic acids is 1. The molecular weight excluding hydrogens is 412 g/mol. The molecule has 2 aliphatic rings. The van der Waals surface area contributed by atoms with Crippen molar-refractivity contribution in [3.8, 4) is 0 Å². The van der Waals surface area contributed by atoms with Crippen LogP contribution >= 0.6 is 0 Å². The zero-order chi connectivity index (χ0) is 21.6. The number of hydrogen-bond acceptors (Lipinski definition) is 2. The van der Waals surface area contributed by atoms with E-state index in [9.17, 15) is 4.79 Å². The maximum atomic E-state index is 12.7. The Morgan fingerprint density at radius 2 is 1.61 bits per heavy atom. The van der Waals surface area contributed by atoms with E-state index in [0.717, 1.165) is 24.7 Å². The minimum atomic E-state index is -1.64. The number of allylic oxidation sites excluding steroid dienone is 2. The summed E-state index contributed by atoms with van der Waals surface area (Å²) in [5.41, 5.74) is 1.27. The summed E-state index contributed by atoms with van der Waals surface area (Å²) in [6.07, 6.45) is 11.8. The monoisotopic (exact) mass is 438 g/mol. The SMILES string of the molecule is CC(C)=CC[C@H]1C[C@H](O[Si](C)(C)C)[C]2[CH][CH][CH][CH][C]2C1=O.[C-]#[O+].[C-]#[O+].[C-]#[O+].[Cr]. The molecule has 0 N–H and O–H groups in total. The van der Waals surface area contributed by atoms with Crippen LogP contribution in [0.4, 0.5) is 0 Å². The molecule has 0 amide bonds. The van der Waals surface area contributed by atoms with Gasteiger partial charge in [-0.2, -0.15) is 0 Å². The van der Waals surface area contributed by atoms with Gasteiger partial charge in [0, 0.05) is 29.2 Å². The van der Waals surface area contributed by atoms with Crippen molar-refractivity contribution in [1.82, 2.24) is 0 Å². The minimum Gasteiger partial charge on any atom is 0 e. The average Bonchev–Trinajstić information content (AvgIpc) is 2.67. The third-order valence-corrected chi connectivity index (χ3v) is 4.74. The smallest absolute Gasteiger partial charge is 0 e. The van der Waals surface area contributed by atoms with Crippen LogP contribution < -0.4 is 0 Å². The molecule has 0 heterocycles. The van der Waals surface area contributed by atoms with E-state index in [-0.39, 0.29) is 35.2 Å². The Morgan fingerprint density at radius 3 is 2.07 bits per heavy atom. The van der Waals surface area contributed by atoms with Crippen LogP contribution in [-0.2, 0) is 40.5 Å². The van der Waals surface area contributed by atoms with Crippen LogP contribution in [0.1, 0.15) is 26.7 Å². The van der Waals surface area contributed by atoms with Crippen molar-refractivity contribution in [3.05, 3.63) is 69.1 Å². The molecule has 0 unspecified atom stereocenters. The molecule has 0 spiro atoms. The number of Topliss-reactive ketones (excluding diaryl/α,β-unsaturated/α-hetero) is 1. The summed E-state index contributed by atoms with van der Waals surface area (Å²) in [7, 11) is -1.64. The van der Waals surface area contributed by atoms with Crippen molar-refractivity contribution in [2.45, 2.75) is 52.4 Å². The summed E-state index contributed by atoms with van der Waals surface area (Å²) in [6, 6.07) is 0. The van der Waals surface area contributed by atoms with Crippen LogP contribution in [-0.4, -0.2) is 20.2 Å². The minimum absolute atomic E-state index is 0. The van der Waals surface area contributed by atoms with E-state index in [2.05, 4.69) is 65.9 Å². The Kier molecular flexibility index (Phi) is 19.7. The first-order chi connectivity index (χ1) is 12.8. The normalized spacial score (nSPS) is 21.5. The first kappa shape index (κ1) is 32.0. The van der Waals surface area contributed by atoms with Crippen LogP contribution in [0, 0.1) is 63.4 Å². The van der Waals surface area contributed by atoms with Gasteiger partial charge in [-0.05, 0) is 72.0 Å². The summed E-state index contributed by atoms with van der Waals surface area (Å²) in [5, 5.41) is 0. The van der Waals surface area contributed by atoms with Crippen molar-refractivity contribution in [3.63, 3.8) is 0 Å². The summed E-state index contributed by atoms with van der Waals surface area (Å²) in [6.45, 7) is 24.3. The average molecular weight is 439 g/mol. The van der Waals surface area contributed by atoms with Gasteiger partial charge < -0.3 is 4.43 Å². The van der Waals surface area contributed by atoms with E-state index >= 15 is 0 Å². The van der Waals surface area contributed by atoms with E-state index in [4.69, 9.17) is 18.4 Å². The van der Waals surface area contributed by atoms with Crippen LogP contribution in [0.15, 0.2) is 11.6 Å². The van der Waals surface area contributed by atoms with Gasteiger partial charge in [-0.25, -0.2) is 0 Å². The van der Waals surface area contributed by atoms with E-state index in [1.807, 2.05) is 19.3 Å². The summed E-state index contributed by atoms with van der Waals surface area (Å²) < 4.78 is 28.9. The molecule has 6 radical (unpaired) electrons. The maximum absolute atomic E-state index is 12.7. The Hall–Kier alpha value is -0.661. The number of fused-ring (bicyclic) bond motifs is 1. The second kappa shape index (κ2) is 17.2. The van der Waals surface area contributed by atoms with E-state index < -0.39 is 8.32 Å². The molecule has 0 aromatic carbocycles. The molecule has 2 atom stereocenters. The molecule has 5 nitrogen and oxygen atoms in total. The molecule has 0 saturated heterocycles. The fraction of sp³-hybridized carbons (Fsp3) is 0.429. The fourth-order valence-corrected chi connectivity index (χ4v) is 3.91. The number of carbonyl (C=O) groups is 1. The van der Waals surface area contributed by atoms with Crippen LogP contribution in [0.2, 0.25) is 19.6 Å². The molecule has 7 heteroatoms. The second-order valence-electron chi connectivity index (χ2n) is 7.12. The van der Waals surface area contributed by atoms with Gasteiger partial charge in [0.2, 0.25) is 0 Å². The van der Waals surface area contributed by atoms with Gasteiger partial charge in [0.15, 0.2) is 8.32 Å². The zero-order valence-electron chi connectivity index (χ0n) is 16.9. The van der Waals surface area contributed by atoms with Crippen molar-refractivity contribution in [2.24, 2.45) is 5.92 Å². The fourth-order valence-electron chi connectivity index (χ4n) is 2.83. The standard InChI is InChI=1S/C18H26O2Si.3CO.Cr/c1-13(2)10-11-14-12-17(20-21(3,4)5)15-8-6-7-9-16(15)18(14)19;3*1-2;/h6-10,14,17H,11-12H2,1-5H3;;;;/t14-,17-;;;;/m0..../s1. The maximum Gasteiger partial charge on any atom is 0 e. The van der Waals surface area contributed by atoms with Crippen LogP contribution in [0.3, 0.4) is 0 Å². The van der Waals surface area contributed by atoms with Gasteiger partial charge in [0.05, 0.1) is 12.0 Å². The Labute approximate surface area is 182 Å². The molecular formula is C21H26CrO5Si. The van der Waals surface area contributed by atoms with Crippen molar-refractivity contribution in [1.29, 1.82) is 0 Å². The summed E-state index contributed by atoms with van der Waals surface area (Å²) in [5.74, 6) is 2.27. The molecule has 2 saturated carbocycles. The van der Waals surface area contributed by atoms with Gasteiger partial charge >= 0.3 is 33.9 Å². The number of rotatable bonds is 4. The van der Waals surface area contributed by atoms with Crippen molar-refractivity contribution < 1.29 is 40.5 Å². The molecule has 0 bridgehead atoms. The molecule has 0 aliphatic heterocycles. The molecule has 2 aliphatic carbocycles. The van der Waals surface area contributed by atoms with Crippen LogP contribution in [0.25, 0.3) is 0 Å². The topological polar surface area (TPSA) is 86.0 Å². The summed E-state index contributed by atoms with van der Waals surface area (Å²) in [4.78, 5) is 12.7. The zero-order valence-corrected chi connectivity index (χ0v) is 19.2. The second-order valence-corrected chi connectivity index (χ2v) is 11.6. The van der Waals surface area contributed by atoms with Gasteiger partial charge in [-0.1, -0.05) is 11.6 Å². The van der Waals surface area contributed by atoms with E-state index in [1.54, 1.807) is 0 Å². The van der Waals surface area contributed by atoms with Crippen molar-refractivity contribution >= 4 is 14.1 Å². The molecule has 2 rings (SSSR count). The third-order valence-electron chi connectivity index (χ3n) is 3.75. The Morgan fingerprint density at radius 1 is 1.11 bits per heavy atom. The molecule has 2 fully saturated rings. The Balaban J connectivity index is -0.000000815. The van der Waals surface area contributed by atoms with Crippen molar-refractivity contribution in [2.75, 3.05) is 0 Å². The Bertz CT molecular complexity index is 515. The molecule has 0 aromatic rings. The van der Waals surface area contributed by atoms with Gasteiger partial charge in [0.25, 0.3) is 0 Å². The summed E-state index contributed by atoms with van der Waals surface area (Å²) >= 11 is 0.